The fourth-order valence-electron chi connectivity index (χ4n) is 3.30. The Morgan fingerprint density at radius 1 is 1.28 bits per heavy atom. The van der Waals surface area contributed by atoms with Crippen LogP contribution in [-0.2, 0) is 4.74 Å². The molecule has 1 aliphatic rings. The Kier molecular flexibility index (Phi) is 6.08. The Balaban J connectivity index is 2.14. The Hall–Kier alpha value is -2.48. The van der Waals surface area contributed by atoms with Crippen LogP contribution in [0.1, 0.15) is 52.8 Å². The van der Waals surface area contributed by atoms with Crippen LogP contribution >= 0.6 is 0 Å². The van der Waals surface area contributed by atoms with Gasteiger partial charge in [0.1, 0.15) is 0 Å². The second kappa shape index (κ2) is 8.06. The molecular formula is C17H22N2O6. The lowest BCUT2D eigenvalue weighted by Gasteiger charge is -2.29. The normalized spacial score (nSPS) is 15.7. The molecular weight excluding hydrogens is 328 g/mol. The third-order valence-electron chi connectivity index (χ3n) is 4.76. The number of nitrogens with zero attached hydrogens (tertiary/aromatic N) is 1. The molecule has 0 heterocycles. The van der Waals surface area contributed by atoms with Crippen molar-refractivity contribution in [2.24, 2.45) is 5.41 Å². The molecule has 1 saturated carbocycles. The van der Waals surface area contributed by atoms with Crippen LogP contribution in [0.4, 0.5) is 5.69 Å². The number of benzene rings is 1. The van der Waals surface area contributed by atoms with Crippen molar-refractivity contribution in [3.8, 4) is 0 Å². The van der Waals surface area contributed by atoms with Crippen LogP contribution in [0.25, 0.3) is 0 Å². The number of nitro benzene ring substituents is 1. The molecule has 0 radical (unpaired) electrons. The first-order valence-electron chi connectivity index (χ1n) is 8.17. The van der Waals surface area contributed by atoms with Crippen molar-refractivity contribution in [3.05, 3.63) is 39.4 Å². The number of hydrogen-bond donors (Lipinski definition) is 2. The molecule has 8 heteroatoms. The lowest BCUT2D eigenvalue weighted by Crippen LogP contribution is -2.36. The van der Waals surface area contributed by atoms with Crippen molar-refractivity contribution in [1.29, 1.82) is 0 Å². The molecule has 1 aromatic rings. The number of nitrogens with one attached hydrogen (secondary N) is 1. The topological polar surface area (TPSA) is 119 Å². The van der Waals surface area contributed by atoms with Gasteiger partial charge in [0.15, 0.2) is 0 Å². The summed E-state index contributed by atoms with van der Waals surface area (Å²) < 4.78 is 5.15. The van der Waals surface area contributed by atoms with Gasteiger partial charge in [0.25, 0.3) is 11.6 Å². The fraction of sp³-hybridized carbons (Fsp3) is 0.529. The minimum Gasteiger partial charge on any atom is -0.478 e. The van der Waals surface area contributed by atoms with Gasteiger partial charge >= 0.3 is 5.97 Å². The molecule has 1 fully saturated rings. The summed E-state index contributed by atoms with van der Waals surface area (Å²) in [5, 5.41) is 22.8. The third-order valence-corrected chi connectivity index (χ3v) is 4.76. The first kappa shape index (κ1) is 18.9. The number of non-ortho nitro benzene ring substituents is 1. The van der Waals surface area contributed by atoms with E-state index in [4.69, 9.17) is 9.84 Å². The molecule has 0 unspecified atom stereocenters. The predicted octanol–water partition coefficient (Wildman–Crippen LogP) is 2.62. The maximum Gasteiger partial charge on any atom is 0.335 e. The summed E-state index contributed by atoms with van der Waals surface area (Å²) in [7, 11) is 1.64. The van der Waals surface area contributed by atoms with E-state index in [0.29, 0.717) is 13.2 Å². The van der Waals surface area contributed by atoms with Crippen LogP contribution in [0.15, 0.2) is 18.2 Å². The number of carbonyl (C=O) groups excluding carboxylic acids is 1. The van der Waals surface area contributed by atoms with Crippen LogP contribution in [-0.4, -0.2) is 42.2 Å². The molecule has 0 aliphatic heterocycles. The number of nitro groups is 1. The predicted molar refractivity (Wildman–Crippen MR) is 89.8 cm³/mol. The van der Waals surface area contributed by atoms with Crippen molar-refractivity contribution in [3.63, 3.8) is 0 Å². The zero-order chi connectivity index (χ0) is 18.4. The average Bonchev–Trinajstić information content (AvgIpc) is 3.06. The van der Waals surface area contributed by atoms with Crippen LogP contribution in [0, 0.1) is 15.5 Å². The van der Waals surface area contributed by atoms with Gasteiger partial charge in [0.05, 0.1) is 10.5 Å². The number of methoxy groups -OCH3 is 1. The molecule has 0 spiro atoms. The Labute approximate surface area is 145 Å². The molecule has 0 atom stereocenters. The fourth-order valence-corrected chi connectivity index (χ4v) is 3.30. The molecule has 8 nitrogen and oxygen atoms in total. The number of carbonyl (C=O) groups is 2. The first-order chi connectivity index (χ1) is 11.9. The zero-order valence-corrected chi connectivity index (χ0v) is 14.1. The number of rotatable bonds is 8. The summed E-state index contributed by atoms with van der Waals surface area (Å²) in [5.41, 5.74) is -0.747. The average molecular weight is 350 g/mol. The van der Waals surface area contributed by atoms with E-state index in [1.165, 1.54) is 0 Å². The standard InChI is InChI=1S/C17H22N2O6/c1-25-7-6-17(4-2-3-5-17)11-18-15(20)12-8-13(16(21)22)10-14(9-12)19(23)24/h8-10H,2-7,11H2,1H3,(H,18,20)(H,21,22). The summed E-state index contributed by atoms with van der Waals surface area (Å²) in [6.45, 7) is 1.05. The van der Waals surface area contributed by atoms with Gasteiger partial charge in [-0.05, 0) is 30.7 Å². The molecule has 0 saturated heterocycles. The summed E-state index contributed by atoms with van der Waals surface area (Å²) in [5.74, 6) is -1.82. The van der Waals surface area contributed by atoms with Crippen LogP contribution in [0.3, 0.4) is 0 Å². The highest BCUT2D eigenvalue weighted by molar-refractivity contribution is 5.98. The molecule has 1 aromatic carbocycles. The van der Waals surface area contributed by atoms with E-state index in [1.54, 1.807) is 7.11 Å². The smallest absolute Gasteiger partial charge is 0.335 e. The van der Waals surface area contributed by atoms with Crippen LogP contribution in [0.5, 0.6) is 0 Å². The minimum absolute atomic E-state index is 0.0218. The van der Waals surface area contributed by atoms with E-state index < -0.39 is 22.5 Å². The lowest BCUT2D eigenvalue weighted by molar-refractivity contribution is -0.384. The van der Waals surface area contributed by atoms with E-state index in [2.05, 4.69) is 5.32 Å². The Morgan fingerprint density at radius 2 is 1.92 bits per heavy atom. The monoisotopic (exact) mass is 350 g/mol. The van der Waals surface area contributed by atoms with Gasteiger partial charge in [-0.2, -0.15) is 0 Å². The second-order valence-electron chi connectivity index (χ2n) is 6.46. The van der Waals surface area contributed by atoms with Gasteiger partial charge in [-0.3, -0.25) is 14.9 Å². The van der Waals surface area contributed by atoms with Gasteiger partial charge in [0, 0.05) is 38.0 Å². The van der Waals surface area contributed by atoms with Crippen molar-refractivity contribution >= 4 is 17.6 Å². The highest BCUT2D eigenvalue weighted by Crippen LogP contribution is 2.40. The summed E-state index contributed by atoms with van der Waals surface area (Å²) >= 11 is 0. The van der Waals surface area contributed by atoms with E-state index in [9.17, 15) is 19.7 Å². The number of hydrogen-bond acceptors (Lipinski definition) is 5. The lowest BCUT2D eigenvalue weighted by atomic mass is 9.83. The second-order valence-corrected chi connectivity index (χ2v) is 6.46. The van der Waals surface area contributed by atoms with Gasteiger partial charge in [-0.15, -0.1) is 0 Å². The van der Waals surface area contributed by atoms with Crippen molar-refractivity contribution < 1.29 is 24.4 Å². The van der Waals surface area contributed by atoms with Gasteiger partial charge < -0.3 is 15.2 Å². The molecule has 0 bridgehead atoms. The van der Waals surface area contributed by atoms with Gasteiger partial charge in [0.2, 0.25) is 0 Å². The molecule has 0 aromatic heterocycles. The molecule has 2 N–H and O–H groups in total. The van der Waals surface area contributed by atoms with E-state index in [1.807, 2.05) is 0 Å². The molecule has 25 heavy (non-hydrogen) atoms. The van der Waals surface area contributed by atoms with E-state index in [0.717, 1.165) is 50.3 Å². The molecule has 2 rings (SSSR count). The maximum atomic E-state index is 12.4. The van der Waals surface area contributed by atoms with E-state index in [-0.39, 0.29) is 16.5 Å². The number of carboxylic acids is 1. The zero-order valence-electron chi connectivity index (χ0n) is 14.1. The third kappa shape index (κ3) is 4.76. The van der Waals surface area contributed by atoms with Crippen LogP contribution in [0.2, 0.25) is 0 Å². The number of carboxylic acid groups (broad SMARTS) is 1. The number of ether oxygens (including phenoxy) is 1. The van der Waals surface area contributed by atoms with Gasteiger partial charge in [-0.1, -0.05) is 12.8 Å². The SMILES string of the molecule is COCCC1(CNC(=O)c2cc(C(=O)O)cc([N+](=O)[O-])c2)CCCC1. The molecule has 1 amide bonds. The summed E-state index contributed by atoms with van der Waals surface area (Å²) in [4.78, 5) is 33.8. The summed E-state index contributed by atoms with van der Waals surface area (Å²) in [6.07, 6.45) is 5.01. The molecule has 1 aliphatic carbocycles. The summed E-state index contributed by atoms with van der Waals surface area (Å²) in [6, 6.07) is 3.19. The van der Waals surface area contributed by atoms with Crippen LogP contribution < -0.4 is 5.32 Å². The van der Waals surface area contributed by atoms with Crippen molar-refractivity contribution in [2.45, 2.75) is 32.1 Å². The van der Waals surface area contributed by atoms with Crippen molar-refractivity contribution in [2.75, 3.05) is 20.3 Å². The Bertz CT molecular complexity index is 635. The number of amides is 1. The minimum atomic E-state index is -1.31. The first-order valence-corrected chi connectivity index (χ1v) is 8.17. The van der Waals surface area contributed by atoms with E-state index >= 15 is 0 Å². The van der Waals surface area contributed by atoms with Crippen molar-refractivity contribution in [1.82, 2.24) is 5.32 Å². The van der Waals surface area contributed by atoms with Gasteiger partial charge in [-0.25, -0.2) is 4.79 Å². The number of aromatic carboxylic acids is 1. The quantitative estimate of drug-likeness (QED) is 0.549. The highest BCUT2D eigenvalue weighted by Gasteiger charge is 2.34. The molecule has 136 valence electrons. The highest BCUT2D eigenvalue weighted by atomic mass is 16.6. The Morgan fingerprint density at radius 3 is 2.48 bits per heavy atom. The maximum absolute atomic E-state index is 12.4. The largest absolute Gasteiger partial charge is 0.478 e.